The van der Waals surface area contributed by atoms with Crippen LogP contribution in [0.3, 0.4) is 0 Å². The van der Waals surface area contributed by atoms with Crippen molar-refractivity contribution in [1.82, 2.24) is 20.0 Å². The van der Waals surface area contributed by atoms with E-state index in [0.29, 0.717) is 17.4 Å². The van der Waals surface area contributed by atoms with E-state index < -0.39 is 0 Å². The van der Waals surface area contributed by atoms with E-state index in [9.17, 15) is 9.18 Å². The highest BCUT2D eigenvalue weighted by molar-refractivity contribution is 5.95. The molecule has 2 aliphatic rings. The predicted octanol–water partition coefficient (Wildman–Crippen LogP) is 3.21. The molecule has 27 heavy (non-hydrogen) atoms. The summed E-state index contributed by atoms with van der Waals surface area (Å²) in [6, 6.07) is 6.20. The zero-order valence-corrected chi connectivity index (χ0v) is 16.4. The Kier molecular flexibility index (Phi) is 5.86. The highest BCUT2D eigenvalue weighted by Crippen LogP contribution is 2.37. The minimum absolute atomic E-state index is 0. The van der Waals surface area contributed by atoms with E-state index in [1.807, 2.05) is 11.8 Å². The van der Waals surface area contributed by atoms with Crippen molar-refractivity contribution in [3.8, 4) is 5.69 Å². The lowest BCUT2D eigenvalue weighted by molar-refractivity contribution is 0.0606. The Morgan fingerprint density at radius 2 is 1.93 bits per heavy atom. The number of nitrogens with one attached hydrogen (secondary N) is 1. The predicted molar refractivity (Wildman–Crippen MR) is 105 cm³/mol. The first kappa shape index (κ1) is 19.8. The van der Waals surface area contributed by atoms with Crippen LogP contribution in [0, 0.1) is 11.2 Å². The lowest BCUT2D eigenvalue weighted by atomic mass is 9.78. The van der Waals surface area contributed by atoms with Crippen LogP contribution in [0.25, 0.3) is 5.69 Å². The fraction of sp³-hybridized carbons (Fsp3) is 0.500. The SMILES string of the molecule is CCc1c(C(=O)N2CCC3(CCNC3)CC2)cnn1-c1ccc(F)cc1.Cl. The van der Waals surface area contributed by atoms with E-state index >= 15 is 0 Å². The molecule has 4 rings (SSSR count). The van der Waals surface area contributed by atoms with Crippen molar-refractivity contribution < 1.29 is 9.18 Å². The molecule has 2 aliphatic heterocycles. The van der Waals surface area contributed by atoms with Crippen molar-refractivity contribution in [2.24, 2.45) is 5.41 Å². The van der Waals surface area contributed by atoms with Gasteiger partial charge in [0.25, 0.3) is 5.91 Å². The number of aromatic nitrogens is 2. The molecule has 1 aromatic heterocycles. The molecule has 1 amide bonds. The largest absolute Gasteiger partial charge is 0.338 e. The average molecular weight is 393 g/mol. The first-order chi connectivity index (χ1) is 12.6. The fourth-order valence-corrected chi connectivity index (χ4v) is 4.27. The number of hydrogen-bond acceptors (Lipinski definition) is 3. The molecular weight excluding hydrogens is 367 g/mol. The number of hydrogen-bond donors (Lipinski definition) is 1. The number of benzene rings is 1. The van der Waals surface area contributed by atoms with Crippen molar-refractivity contribution in [3.63, 3.8) is 0 Å². The molecule has 0 radical (unpaired) electrons. The molecule has 7 heteroatoms. The van der Waals surface area contributed by atoms with Crippen molar-refractivity contribution in [3.05, 3.63) is 47.5 Å². The maximum absolute atomic E-state index is 13.2. The molecule has 0 bridgehead atoms. The normalized spacial score (nSPS) is 18.5. The minimum Gasteiger partial charge on any atom is -0.338 e. The number of carbonyl (C=O) groups excluding carboxylic acids is 1. The lowest BCUT2D eigenvalue weighted by Crippen LogP contribution is -2.44. The lowest BCUT2D eigenvalue weighted by Gasteiger charge is -2.38. The number of piperidine rings is 1. The number of amides is 1. The quantitative estimate of drug-likeness (QED) is 0.872. The topological polar surface area (TPSA) is 50.2 Å². The van der Waals surface area contributed by atoms with Crippen LogP contribution in [-0.2, 0) is 6.42 Å². The van der Waals surface area contributed by atoms with Crippen LogP contribution in [0.1, 0.15) is 42.2 Å². The minimum atomic E-state index is -0.279. The Bertz CT molecular complexity index is 789. The standard InChI is InChI=1S/C20H25FN4O.ClH/c1-2-18-17(13-23-25(18)16-5-3-15(21)4-6-16)19(26)24-11-8-20(9-12-24)7-10-22-14-20;/h3-6,13,22H,2,7-12,14H2,1H3;1H. The summed E-state index contributed by atoms with van der Waals surface area (Å²) in [6.07, 6.45) is 5.71. The number of halogens is 2. The molecule has 2 aromatic rings. The molecule has 2 saturated heterocycles. The summed E-state index contributed by atoms with van der Waals surface area (Å²) in [5, 5.41) is 7.87. The molecular formula is C20H26ClFN4O. The van der Waals surface area contributed by atoms with Gasteiger partial charge >= 0.3 is 0 Å². The smallest absolute Gasteiger partial charge is 0.257 e. The van der Waals surface area contributed by atoms with Crippen LogP contribution >= 0.6 is 12.4 Å². The number of carbonyl (C=O) groups is 1. The van der Waals surface area contributed by atoms with Gasteiger partial charge in [0.1, 0.15) is 5.82 Å². The third-order valence-corrected chi connectivity index (χ3v) is 5.95. The molecule has 1 spiro atoms. The molecule has 1 aromatic carbocycles. The monoisotopic (exact) mass is 392 g/mol. The second kappa shape index (κ2) is 7.98. The summed E-state index contributed by atoms with van der Waals surface area (Å²) < 4.78 is 14.9. The Morgan fingerprint density at radius 3 is 2.52 bits per heavy atom. The first-order valence-corrected chi connectivity index (χ1v) is 9.45. The maximum atomic E-state index is 13.2. The summed E-state index contributed by atoms with van der Waals surface area (Å²) in [5.74, 6) is -0.213. The molecule has 3 heterocycles. The molecule has 0 unspecified atom stereocenters. The summed E-state index contributed by atoms with van der Waals surface area (Å²) in [7, 11) is 0. The second-order valence-electron chi connectivity index (χ2n) is 7.47. The molecule has 146 valence electrons. The maximum Gasteiger partial charge on any atom is 0.257 e. The van der Waals surface area contributed by atoms with E-state index in [1.54, 1.807) is 23.0 Å². The highest BCUT2D eigenvalue weighted by Gasteiger charge is 2.38. The van der Waals surface area contributed by atoms with Gasteiger partial charge in [-0.3, -0.25) is 4.79 Å². The molecule has 0 atom stereocenters. The molecule has 5 nitrogen and oxygen atoms in total. The zero-order valence-electron chi connectivity index (χ0n) is 15.6. The van der Waals surface area contributed by atoms with Gasteiger partial charge in [0.15, 0.2) is 0 Å². The van der Waals surface area contributed by atoms with Crippen molar-refractivity contribution >= 4 is 18.3 Å². The van der Waals surface area contributed by atoms with Gasteiger partial charge in [-0.25, -0.2) is 9.07 Å². The Morgan fingerprint density at radius 1 is 1.22 bits per heavy atom. The van der Waals surface area contributed by atoms with Crippen LogP contribution < -0.4 is 5.32 Å². The van der Waals surface area contributed by atoms with Gasteiger partial charge in [-0.1, -0.05) is 6.92 Å². The van der Waals surface area contributed by atoms with Gasteiger partial charge in [-0.15, -0.1) is 12.4 Å². The Labute approximate surface area is 165 Å². The van der Waals surface area contributed by atoms with Gasteiger partial charge in [0, 0.05) is 19.6 Å². The number of likely N-dealkylation sites (tertiary alicyclic amines) is 1. The summed E-state index contributed by atoms with van der Waals surface area (Å²) >= 11 is 0. The van der Waals surface area contributed by atoms with Crippen molar-refractivity contribution in [2.45, 2.75) is 32.6 Å². The van der Waals surface area contributed by atoms with Gasteiger partial charge in [0.05, 0.1) is 23.1 Å². The van der Waals surface area contributed by atoms with Crippen molar-refractivity contribution in [2.75, 3.05) is 26.2 Å². The van der Waals surface area contributed by atoms with Gasteiger partial charge in [-0.05, 0) is 61.9 Å². The van der Waals surface area contributed by atoms with Crippen LogP contribution in [0.15, 0.2) is 30.5 Å². The zero-order chi connectivity index (χ0) is 18.1. The Hall–Kier alpha value is -1.92. The second-order valence-corrected chi connectivity index (χ2v) is 7.47. The number of nitrogens with zero attached hydrogens (tertiary/aromatic N) is 3. The van der Waals surface area contributed by atoms with Gasteiger partial charge in [0.2, 0.25) is 0 Å². The van der Waals surface area contributed by atoms with Crippen LogP contribution in [-0.4, -0.2) is 46.8 Å². The summed E-state index contributed by atoms with van der Waals surface area (Å²) in [6.45, 7) is 5.82. The van der Waals surface area contributed by atoms with E-state index in [-0.39, 0.29) is 24.1 Å². The van der Waals surface area contributed by atoms with Gasteiger partial charge in [-0.2, -0.15) is 5.10 Å². The highest BCUT2D eigenvalue weighted by atomic mass is 35.5. The van der Waals surface area contributed by atoms with E-state index in [2.05, 4.69) is 10.4 Å². The van der Waals surface area contributed by atoms with E-state index in [0.717, 1.165) is 50.4 Å². The first-order valence-electron chi connectivity index (χ1n) is 9.45. The molecule has 1 N–H and O–H groups in total. The van der Waals surface area contributed by atoms with Crippen LogP contribution in [0.2, 0.25) is 0 Å². The summed E-state index contributed by atoms with van der Waals surface area (Å²) in [4.78, 5) is 15.0. The summed E-state index contributed by atoms with van der Waals surface area (Å²) in [5.41, 5.74) is 2.71. The Balaban J connectivity index is 0.00000210. The van der Waals surface area contributed by atoms with Gasteiger partial charge < -0.3 is 10.2 Å². The van der Waals surface area contributed by atoms with Crippen LogP contribution in [0.5, 0.6) is 0 Å². The molecule has 2 fully saturated rings. The molecule has 0 aliphatic carbocycles. The van der Waals surface area contributed by atoms with Crippen molar-refractivity contribution in [1.29, 1.82) is 0 Å². The fourth-order valence-electron chi connectivity index (χ4n) is 4.27. The van der Waals surface area contributed by atoms with E-state index in [4.69, 9.17) is 0 Å². The third-order valence-electron chi connectivity index (χ3n) is 5.95. The third kappa shape index (κ3) is 3.73. The number of rotatable bonds is 3. The van der Waals surface area contributed by atoms with Crippen LogP contribution in [0.4, 0.5) is 4.39 Å². The van der Waals surface area contributed by atoms with E-state index in [1.165, 1.54) is 18.6 Å². The average Bonchev–Trinajstić information content (AvgIpc) is 3.29. The molecule has 0 saturated carbocycles.